The quantitative estimate of drug-likeness (QED) is 0.702. The molecule has 1 N–H and O–H groups in total. The molecule has 96 valence electrons. The number of hydrogen-bond acceptors (Lipinski definition) is 2. The SMILES string of the molecule is CC(C)c1cc(C(C)C)c(SO)c(C(C)C)c1. The third-order valence-corrected chi connectivity index (χ3v) is 3.82. The standard InChI is InChI=1S/C15H24OS/c1-9(2)12-7-13(10(3)4)15(17-16)14(8-12)11(5)6/h7-11,16H,1-6H3. The Balaban J connectivity index is 3.46. The van der Waals surface area contributed by atoms with Crippen LogP contribution in [-0.4, -0.2) is 4.55 Å². The minimum absolute atomic E-state index is 0.445. The van der Waals surface area contributed by atoms with Gasteiger partial charge in [0.2, 0.25) is 0 Å². The van der Waals surface area contributed by atoms with Gasteiger partial charge in [-0.05, 0) is 34.4 Å². The molecule has 1 nitrogen and oxygen atoms in total. The molecule has 0 aliphatic carbocycles. The molecule has 2 heteroatoms. The lowest BCUT2D eigenvalue weighted by molar-refractivity contribution is 0.656. The van der Waals surface area contributed by atoms with Crippen LogP contribution in [0, 0.1) is 0 Å². The van der Waals surface area contributed by atoms with Gasteiger partial charge >= 0.3 is 0 Å². The van der Waals surface area contributed by atoms with Crippen molar-refractivity contribution in [2.45, 2.75) is 64.2 Å². The molecule has 0 bridgehead atoms. The van der Waals surface area contributed by atoms with Gasteiger partial charge in [-0.25, -0.2) is 0 Å². The Bertz CT molecular complexity index is 352. The zero-order valence-corrected chi connectivity index (χ0v) is 12.6. The second-order valence-electron chi connectivity index (χ2n) is 5.58. The van der Waals surface area contributed by atoms with Gasteiger partial charge in [0.05, 0.1) is 0 Å². The van der Waals surface area contributed by atoms with Crippen molar-refractivity contribution in [1.29, 1.82) is 0 Å². The molecule has 17 heavy (non-hydrogen) atoms. The molecule has 0 aliphatic rings. The summed E-state index contributed by atoms with van der Waals surface area (Å²) >= 11 is 0.899. The highest BCUT2D eigenvalue weighted by atomic mass is 32.2. The fourth-order valence-electron chi connectivity index (χ4n) is 1.99. The van der Waals surface area contributed by atoms with Gasteiger partial charge in [0, 0.05) is 16.9 Å². The van der Waals surface area contributed by atoms with Crippen molar-refractivity contribution >= 4 is 12.0 Å². The van der Waals surface area contributed by atoms with E-state index in [1.807, 2.05) is 0 Å². The van der Waals surface area contributed by atoms with E-state index in [0.29, 0.717) is 17.8 Å². The third-order valence-electron chi connectivity index (χ3n) is 3.17. The van der Waals surface area contributed by atoms with Crippen LogP contribution in [0.1, 0.15) is 76.0 Å². The van der Waals surface area contributed by atoms with Crippen molar-refractivity contribution < 1.29 is 4.55 Å². The summed E-state index contributed by atoms with van der Waals surface area (Å²) in [5, 5.41) is 0. The zero-order chi connectivity index (χ0) is 13.2. The van der Waals surface area contributed by atoms with Crippen molar-refractivity contribution in [3.63, 3.8) is 0 Å². The van der Waals surface area contributed by atoms with Gasteiger partial charge in [-0.1, -0.05) is 53.7 Å². The lowest BCUT2D eigenvalue weighted by atomic mass is 9.89. The maximum Gasteiger partial charge on any atom is 0.0420 e. The largest absolute Gasteiger partial charge is 0.325 e. The van der Waals surface area contributed by atoms with Crippen LogP contribution >= 0.6 is 12.0 Å². The molecule has 1 aromatic rings. The number of benzene rings is 1. The average molecular weight is 252 g/mol. The van der Waals surface area contributed by atoms with Gasteiger partial charge in [-0.2, -0.15) is 0 Å². The Labute approximate surface area is 110 Å². The summed E-state index contributed by atoms with van der Waals surface area (Å²) in [6.07, 6.45) is 0. The van der Waals surface area contributed by atoms with E-state index in [4.69, 9.17) is 0 Å². The van der Waals surface area contributed by atoms with Crippen LogP contribution in [0.15, 0.2) is 17.0 Å². The third kappa shape index (κ3) is 3.26. The fourth-order valence-corrected chi connectivity index (χ4v) is 2.80. The lowest BCUT2D eigenvalue weighted by Crippen LogP contribution is -2.02. The van der Waals surface area contributed by atoms with E-state index in [0.717, 1.165) is 16.9 Å². The summed E-state index contributed by atoms with van der Waals surface area (Å²) < 4.78 is 9.54. The van der Waals surface area contributed by atoms with E-state index < -0.39 is 0 Å². The molecular weight excluding hydrogens is 228 g/mol. The van der Waals surface area contributed by atoms with Crippen molar-refractivity contribution in [3.05, 3.63) is 28.8 Å². The highest BCUT2D eigenvalue weighted by molar-refractivity contribution is 7.93. The van der Waals surface area contributed by atoms with Gasteiger partial charge in [0.1, 0.15) is 0 Å². The molecule has 0 unspecified atom stereocenters. The second kappa shape index (κ2) is 5.92. The maximum absolute atomic E-state index is 9.54. The predicted octanol–water partition coefficient (Wildman–Crippen LogP) is 5.62. The van der Waals surface area contributed by atoms with E-state index in [9.17, 15) is 4.55 Å². The first-order valence-electron chi connectivity index (χ1n) is 6.37. The molecule has 0 atom stereocenters. The molecule has 0 heterocycles. The first-order chi connectivity index (χ1) is 7.88. The van der Waals surface area contributed by atoms with Crippen LogP contribution in [0.5, 0.6) is 0 Å². The number of rotatable bonds is 4. The minimum atomic E-state index is 0.445. The second-order valence-corrected chi connectivity index (χ2v) is 6.17. The molecule has 0 aromatic heterocycles. The monoisotopic (exact) mass is 252 g/mol. The molecule has 0 spiro atoms. The van der Waals surface area contributed by atoms with Gasteiger partial charge in [0.25, 0.3) is 0 Å². The van der Waals surface area contributed by atoms with E-state index in [2.05, 4.69) is 53.7 Å². The summed E-state index contributed by atoms with van der Waals surface area (Å²) in [5.41, 5.74) is 3.91. The Kier molecular flexibility index (Phi) is 5.08. The molecular formula is C15H24OS. The Morgan fingerprint density at radius 2 is 1.24 bits per heavy atom. The molecule has 0 aliphatic heterocycles. The normalized spacial score (nSPS) is 11.9. The molecule has 0 fully saturated rings. The molecule has 0 radical (unpaired) electrons. The summed E-state index contributed by atoms with van der Waals surface area (Å²) in [7, 11) is 0. The van der Waals surface area contributed by atoms with Crippen LogP contribution in [0.25, 0.3) is 0 Å². The van der Waals surface area contributed by atoms with Gasteiger partial charge in [-0.3, -0.25) is 0 Å². The van der Waals surface area contributed by atoms with E-state index in [-0.39, 0.29) is 0 Å². The molecule has 1 rings (SSSR count). The molecule has 1 aromatic carbocycles. The first-order valence-corrected chi connectivity index (χ1v) is 7.14. The Hall–Kier alpha value is -0.470. The van der Waals surface area contributed by atoms with E-state index in [1.165, 1.54) is 16.7 Å². The van der Waals surface area contributed by atoms with Crippen molar-refractivity contribution in [3.8, 4) is 0 Å². The Morgan fingerprint density at radius 1 is 0.824 bits per heavy atom. The number of hydrogen-bond donors (Lipinski definition) is 1. The van der Waals surface area contributed by atoms with Gasteiger partial charge in [-0.15, -0.1) is 0 Å². The average Bonchev–Trinajstić information content (AvgIpc) is 2.26. The summed E-state index contributed by atoms with van der Waals surface area (Å²) in [5.74, 6) is 1.42. The predicted molar refractivity (Wildman–Crippen MR) is 77.2 cm³/mol. The van der Waals surface area contributed by atoms with Crippen molar-refractivity contribution in [2.24, 2.45) is 0 Å². The van der Waals surface area contributed by atoms with Crippen LogP contribution < -0.4 is 0 Å². The maximum atomic E-state index is 9.54. The van der Waals surface area contributed by atoms with Gasteiger partial charge in [0.15, 0.2) is 0 Å². The highest BCUT2D eigenvalue weighted by Gasteiger charge is 2.17. The summed E-state index contributed by atoms with van der Waals surface area (Å²) in [6, 6.07) is 4.50. The van der Waals surface area contributed by atoms with Crippen LogP contribution in [-0.2, 0) is 0 Å². The van der Waals surface area contributed by atoms with Crippen molar-refractivity contribution in [1.82, 2.24) is 0 Å². The van der Waals surface area contributed by atoms with E-state index in [1.54, 1.807) is 0 Å². The molecule has 0 saturated heterocycles. The van der Waals surface area contributed by atoms with Gasteiger partial charge < -0.3 is 4.55 Å². The van der Waals surface area contributed by atoms with Crippen LogP contribution in [0.3, 0.4) is 0 Å². The first kappa shape index (κ1) is 14.6. The van der Waals surface area contributed by atoms with Crippen LogP contribution in [0.4, 0.5) is 0 Å². The summed E-state index contributed by atoms with van der Waals surface area (Å²) in [4.78, 5) is 1.06. The summed E-state index contributed by atoms with van der Waals surface area (Å²) in [6.45, 7) is 13.2. The smallest absolute Gasteiger partial charge is 0.0420 e. The highest BCUT2D eigenvalue weighted by Crippen LogP contribution is 2.36. The van der Waals surface area contributed by atoms with Crippen LogP contribution in [0.2, 0.25) is 0 Å². The topological polar surface area (TPSA) is 20.2 Å². The molecule has 0 amide bonds. The zero-order valence-electron chi connectivity index (χ0n) is 11.7. The molecule has 0 saturated carbocycles. The lowest BCUT2D eigenvalue weighted by Gasteiger charge is -2.20. The van der Waals surface area contributed by atoms with Crippen molar-refractivity contribution in [2.75, 3.05) is 0 Å². The Morgan fingerprint density at radius 3 is 1.47 bits per heavy atom. The fraction of sp³-hybridized carbons (Fsp3) is 0.600. The minimum Gasteiger partial charge on any atom is -0.325 e. The van der Waals surface area contributed by atoms with E-state index >= 15 is 0 Å².